The number of aryl methyl sites for hydroxylation is 1. The van der Waals surface area contributed by atoms with Gasteiger partial charge in [0, 0.05) is 38.3 Å². The molecule has 1 heterocycles. The smallest absolute Gasteiger partial charge is 0.207 e. The van der Waals surface area contributed by atoms with Crippen LogP contribution in [-0.4, -0.2) is 30.4 Å². The highest BCUT2D eigenvalue weighted by Crippen LogP contribution is 2.19. The van der Waals surface area contributed by atoms with E-state index in [4.69, 9.17) is 9.47 Å². The zero-order valence-electron chi connectivity index (χ0n) is 11.3. The monoisotopic (exact) mass is 261 g/mol. The summed E-state index contributed by atoms with van der Waals surface area (Å²) < 4.78 is 12.3. The second-order valence-corrected chi connectivity index (χ2v) is 4.14. The van der Waals surface area contributed by atoms with Gasteiger partial charge >= 0.3 is 0 Å². The molecule has 19 heavy (non-hydrogen) atoms. The molecule has 0 radical (unpaired) electrons. The number of hydrogen-bond donors (Lipinski definition) is 1. The molecule has 0 amide bonds. The molecule has 0 aliphatic carbocycles. The summed E-state index contributed by atoms with van der Waals surface area (Å²) in [6.07, 6.45) is 4.71. The molecule has 2 rings (SSSR count). The predicted molar refractivity (Wildman–Crippen MR) is 75.0 cm³/mol. The summed E-state index contributed by atoms with van der Waals surface area (Å²) in [5.41, 5.74) is 0.986. The SMILES string of the molecule is COCCCn1ccnc1Nc1ccc(OC)cc1. The normalized spacial score (nSPS) is 10.4. The molecule has 0 bridgehead atoms. The third-order valence-corrected chi connectivity index (χ3v) is 2.81. The largest absolute Gasteiger partial charge is 0.497 e. The molecule has 2 aromatic rings. The molecule has 0 aliphatic rings. The number of ether oxygens (including phenoxy) is 2. The molecule has 0 atom stereocenters. The van der Waals surface area contributed by atoms with Gasteiger partial charge in [-0.2, -0.15) is 0 Å². The van der Waals surface area contributed by atoms with Crippen LogP contribution in [0.1, 0.15) is 6.42 Å². The summed E-state index contributed by atoms with van der Waals surface area (Å²) in [6.45, 7) is 1.63. The zero-order valence-corrected chi connectivity index (χ0v) is 11.3. The van der Waals surface area contributed by atoms with E-state index in [1.807, 2.05) is 30.5 Å². The number of hydrogen-bond acceptors (Lipinski definition) is 4. The Morgan fingerprint density at radius 3 is 2.68 bits per heavy atom. The van der Waals surface area contributed by atoms with Crippen molar-refractivity contribution in [3.8, 4) is 5.75 Å². The third kappa shape index (κ3) is 3.72. The Labute approximate surface area is 113 Å². The summed E-state index contributed by atoms with van der Waals surface area (Å²) in [6, 6.07) is 7.76. The van der Waals surface area contributed by atoms with Crippen molar-refractivity contribution >= 4 is 11.6 Å². The Morgan fingerprint density at radius 2 is 2.00 bits per heavy atom. The molecule has 1 N–H and O–H groups in total. The van der Waals surface area contributed by atoms with Crippen LogP contribution in [0.3, 0.4) is 0 Å². The molecule has 0 fully saturated rings. The number of benzene rings is 1. The molecule has 1 aromatic carbocycles. The summed E-state index contributed by atoms with van der Waals surface area (Å²) in [5, 5.41) is 3.29. The van der Waals surface area contributed by atoms with Crippen molar-refractivity contribution < 1.29 is 9.47 Å². The van der Waals surface area contributed by atoms with Crippen LogP contribution < -0.4 is 10.1 Å². The van der Waals surface area contributed by atoms with Crippen molar-refractivity contribution in [2.24, 2.45) is 0 Å². The fraction of sp³-hybridized carbons (Fsp3) is 0.357. The van der Waals surface area contributed by atoms with Crippen LogP contribution in [-0.2, 0) is 11.3 Å². The fourth-order valence-electron chi connectivity index (χ4n) is 1.80. The van der Waals surface area contributed by atoms with E-state index in [1.54, 1.807) is 20.4 Å². The molecular formula is C14H19N3O2. The Morgan fingerprint density at radius 1 is 1.21 bits per heavy atom. The second-order valence-electron chi connectivity index (χ2n) is 4.14. The van der Waals surface area contributed by atoms with Gasteiger partial charge in [0.2, 0.25) is 5.95 Å². The minimum atomic E-state index is 0.750. The van der Waals surface area contributed by atoms with Gasteiger partial charge in [-0.15, -0.1) is 0 Å². The lowest BCUT2D eigenvalue weighted by atomic mass is 10.3. The maximum Gasteiger partial charge on any atom is 0.207 e. The molecule has 0 saturated carbocycles. The first kappa shape index (κ1) is 13.4. The lowest BCUT2D eigenvalue weighted by Gasteiger charge is -2.10. The van der Waals surface area contributed by atoms with Crippen LogP contribution >= 0.6 is 0 Å². The van der Waals surface area contributed by atoms with E-state index in [2.05, 4.69) is 14.9 Å². The molecule has 0 unspecified atom stereocenters. The summed E-state index contributed by atoms with van der Waals surface area (Å²) in [4.78, 5) is 4.31. The van der Waals surface area contributed by atoms with Crippen LogP contribution in [0.2, 0.25) is 0 Å². The maximum atomic E-state index is 5.13. The summed E-state index contributed by atoms with van der Waals surface area (Å²) in [7, 11) is 3.37. The van der Waals surface area contributed by atoms with Crippen LogP contribution in [0, 0.1) is 0 Å². The highest BCUT2D eigenvalue weighted by molar-refractivity contribution is 5.54. The number of anilines is 2. The van der Waals surface area contributed by atoms with E-state index in [1.165, 1.54) is 0 Å². The highest BCUT2D eigenvalue weighted by atomic mass is 16.5. The zero-order chi connectivity index (χ0) is 13.5. The van der Waals surface area contributed by atoms with Crippen molar-refractivity contribution in [2.45, 2.75) is 13.0 Å². The maximum absolute atomic E-state index is 5.13. The van der Waals surface area contributed by atoms with Gasteiger partial charge in [-0.05, 0) is 30.7 Å². The van der Waals surface area contributed by atoms with Gasteiger partial charge in [-0.3, -0.25) is 0 Å². The summed E-state index contributed by atoms with van der Waals surface area (Å²) in [5.74, 6) is 1.68. The first-order valence-corrected chi connectivity index (χ1v) is 6.24. The van der Waals surface area contributed by atoms with Crippen molar-refractivity contribution in [3.63, 3.8) is 0 Å². The number of nitrogens with zero attached hydrogens (tertiary/aromatic N) is 2. The lowest BCUT2D eigenvalue weighted by molar-refractivity contribution is 0.190. The molecule has 0 spiro atoms. The Bertz CT molecular complexity index is 494. The molecule has 1 aromatic heterocycles. The van der Waals surface area contributed by atoms with Crippen molar-refractivity contribution in [3.05, 3.63) is 36.7 Å². The van der Waals surface area contributed by atoms with Crippen molar-refractivity contribution in [2.75, 3.05) is 26.1 Å². The van der Waals surface area contributed by atoms with E-state index in [-0.39, 0.29) is 0 Å². The number of aromatic nitrogens is 2. The number of imidazole rings is 1. The number of rotatable bonds is 7. The van der Waals surface area contributed by atoms with E-state index in [0.29, 0.717) is 0 Å². The predicted octanol–water partition coefficient (Wildman–Crippen LogP) is 2.67. The summed E-state index contributed by atoms with van der Waals surface area (Å²) >= 11 is 0. The van der Waals surface area contributed by atoms with E-state index in [0.717, 1.165) is 37.0 Å². The Kier molecular flexibility index (Phi) is 4.80. The van der Waals surface area contributed by atoms with Gasteiger partial charge in [-0.25, -0.2) is 4.98 Å². The lowest BCUT2D eigenvalue weighted by Crippen LogP contribution is -2.05. The van der Waals surface area contributed by atoms with E-state index < -0.39 is 0 Å². The highest BCUT2D eigenvalue weighted by Gasteiger charge is 2.03. The van der Waals surface area contributed by atoms with Gasteiger partial charge in [0.25, 0.3) is 0 Å². The van der Waals surface area contributed by atoms with E-state index >= 15 is 0 Å². The number of methoxy groups -OCH3 is 2. The molecular weight excluding hydrogens is 242 g/mol. The van der Waals surface area contributed by atoms with Crippen LogP contribution in [0.15, 0.2) is 36.7 Å². The van der Waals surface area contributed by atoms with Gasteiger partial charge in [0.05, 0.1) is 7.11 Å². The average Bonchev–Trinajstić information content (AvgIpc) is 2.87. The van der Waals surface area contributed by atoms with Gasteiger partial charge in [-0.1, -0.05) is 0 Å². The molecule has 0 aliphatic heterocycles. The fourth-order valence-corrected chi connectivity index (χ4v) is 1.80. The quantitative estimate of drug-likeness (QED) is 0.778. The minimum Gasteiger partial charge on any atom is -0.497 e. The molecule has 5 nitrogen and oxygen atoms in total. The Hall–Kier alpha value is -2.01. The van der Waals surface area contributed by atoms with Crippen molar-refractivity contribution in [1.82, 2.24) is 9.55 Å². The Balaban J connectivity index is 1.99. The van der Waals surface area contributed by atoms with Gasteiger partial charge < -0.3 is 19.4 Å². The van der Waals surface area contributed by atoms with Gasteiger partial charge in [0.15, 0.2) is 0 Å². The molecule has 5 heteroatoms. The van der Waals surface area contributed by atoms with Gasteiger partial charge in [0.1, 0.15) is 5.75 Å². The third-order valence-electron chi connectivity index (χ3n) is 2.81. The minimum absolute atomic E-state index is 0.750. The van der Waals surface area contributed by atoms with Crippen LogP contribution in [0.4, 0.5) is 11.6 Å². The standard InChI is InChI=1S/C14H19N3O2/c1-18-11-3-9-17-10-8-15-14(17)16-12-4-6-13(19-2)7-5-12/h4-8,10H,3,9,11H2,1-2H3,(H,15,16). The molecule has 102 valence electrons. The average molecular weight is 261 g/mol. The van der Waals surface area contributed by atoms with Crippen molar-refractivity contribution in [1.29, 1.82) is 0 Å². The van der Waals surface area contributed by atoms with Crippen LogP contribution in [0.5, 0.6) is 5.75 Å². The van der Waals surface area contributed by atoms with E-state index in [9.17, 15) is 0 Å². The number of nitrogens with one attached hydrogen (secondary N) is 1. The first-order chi connectivity index (χ1) is 9.33. The van der Waals surface area contributed by atoms with Crippen LogP contribution in [0.25, 0.3) is 0 Å². The molecule has 0 saturated heterocycles. The first-order valence-electron chi connectivity index (χ1n) is 6.24. The topological polar surface area (TPSA) is 48.3 Å². The second kappa shape index (κ2) is 6.80.